The summed E-state index contributed by atoms with van der Waals surface area (Å²) in [6.45, 7) is 4.76. The van der Waals surface area contributed by atoms with Crippen LogP contribution in [-0.2, 0) is 21.3 Å². The Morgan fingerprint density at radius 3 is 2.38 bits per heavy atom. The van der Waals surface area contributed by atoms with Crippen molar-refractivity contribution in [1.82, 2.24) is 10.0 Å². The zero-order valence-corrected chi connectivity index (χ0v) is 13.8. The van der Waals surface area contributed by atoms with E-state index in [1.54, 1.807) is 19.2 Å². The van der Waals surface area contributed by atoms with Gasteiger partial charge < -0.3 is 10.1 Å². The lowest BCUT2D eigenvalue weighted by Gasteiger charge is -2.50. The summed E-state index contributed by atoms with van der Waals surface area (Å²) < 4.78 is 33.0. The molecule has 118 valence electrons. The highest BCUT2D eigenvalue weighted by Crippen LogP contribution is 2.43. The van der Waals surface area contributed by atoms with E-state index in [4.69, 9.17) is 4.74 Å². The van der Waals surface area contributed by atoms with Crippen LogP contribution in [0.15, 0.2) is 29.2 Å². The van der Waals surface area contributed by atoms with Crippen molar-refractivity contribution in [3.8, 4) is 0 Å². The molecule has 1 aliphatic carbocycles. The van der Waals surface area contributed by atoms with E-state index in [0.717, 1.165) is 12.1 Å². The molecule has 1 aromatic rings. The van der Waals surface area contributed by atoms with Crippen molar-refractivity contribution in [2.24, 2.45) is 5.41 Å². The van der Waals surface area contributed by atoms with Crippen molar-refractivity contribution >= 4 is 10.0 Å². The Morgan fingerprint density at radius 2 is 1.90 bits per heavy atom. The van der Waals surface area contributed by atoms with Gasteiger partial charge in [0.2, 0.25) is 10.0 Å². The zero-order chi connectivity index (χ0) is 15.7. The molecule has 1 saturated carbocycles. The quantitative estimate of drug-likeness (QED) is 0.835. The highest BCUT2D eigenvalue weighted by atomic mass is 32.2. The molecule has 5 nitrogen and oxygen atoms in total. The molecular weight excluding hydrogens is 288 g/mol. The maximum absolute atomic E-state index is 12.4. The van der Waals surface area contributed by atoms with Crippen LogP contribution in [0.2, 0.25) is 0 Å². The third kappa shape index (κ3) is 3.29. The van der Waals surface area contributed by atoms with E-state index >= 15 is 0 Å². The van der Waals surface area contributed by atoms with Crippen LogP contribution in [0.1, 0.15) is 25.8 Å². The zero-order valence-electron chi connectivity index (χ0n) is 13.0. The summed E-state index contributed by atoms with van der Waals surface area (Å²) in [5.74, 6) is 0. The monoisotopic (exact) mass is 312 g/mol. The van der Waals surface area contributed by atoms with Crippen LogP contribution in [0.3, 0.4) is 0 Å². The highest BCUT2D eigenvalue weighted by molar-refractivity contribution is 7.89. The number of nitrogens with one attached hydrogen (secondary N) is 2. The van der Waals surface area contributed by atoms with Crippen LogP contribution in [0, 0.1) is 5.41 Å². The van der Waals surface area contributed by atoms with Gasteiger partial charge in [-0.05, 0) is 31.2 Å². The lowest BCUT2D eigenvalue weighted by atomic mass is 9.65. The van der Waals surface area contributed by atoms with Crippen LogP contribution < -0.4 is 10.0 Å². The lowest BCUT2D eigenvalue weighted by Crippen LogP contribution is -2.61. The van der Waals surface area contributed by atoms with Crippen LogP contribution in [0.25, 0.3) is 0 Å². The van der Waals surface area contributed by atoms with Crippen LogP contribution in [0.4, 0.5) is 0 Å². The number of methoxy groups -OCH3 is 1. The second-order valence-electron chi connectivity index (χ2n) is 6.13. The molecule has 6 heteroatoms. The third-order valence-corrected chi connectivity index (χ3v) is 5.86. The van der Waals surface area contributed by atoms with Crippen molar-refractivity contribution in [3.05, 3.63) is 29.8 Å². The Hall–Kier alpha value is -0.950. The van der Waals surface area contributed by atoms with Crippen molar-refractivity contribution in [1.29, 1.82) is 0 Å². The molecule has 0 radical (unpaired) electrons. The minimum Gasteiger partial charge on any atom is -0.381 e. The standard InChI is InChI=1S/C15H24N2O3S/c1-15(2)13(9-14(15)20-4)17-21(18,19)12-7-5-11(6-8-12)10-16-3/h5-8,13-14,16-17H,9-10H2,1-4H3. The first kappa shape index (κ1) is 16.4. The van der Waals surface area contributed by atoms with Gasteiger partial charge in [0.05, 0.1) is 11.0 Å². The van der Waals surface area contributed by atoms with Gasteiger partial charge in [0.25, 0.3) is 0 Å². The van der Waals surface area contributed by atoms with E-state index in [1.807, 2.05) is 33.0 Å². The molecule has 1 fully saturated rings. The van der Waals surface area contributed by atoms with Crippen LogP contribution in [-0.4, -0.2) is 34.7 Å². The molecule has 1 aromatic carbocycles. The third-order valence-electron chi connectivity index (χ3n) is 4.37. The molecule has 1 aliphatic rings. The Morgan fingerprint density at radius 1 is 1.29 bits per heavy atom. The fraction of sp³-hybridized carbons (Fsp3) is 0.600. The van der Waals surface area contributed by atoms with Gasteiger partial charge in [-0.3, -0.25) is 0 Å². The second kappa shape index (κ2) is 6.04. The van der Waals surface area contributed by atoms with Crippen LogP contribution >= 0.6 is 0 Å². The Balaban J connectivity index is 2.09. The first-order valence-electron chi connectivity index (χ1n) is 7.10. The molecule has 0 bridgehead atoms. The van der Waals surface area contributed by atoms with Gasteiger partial charge in [0.1, 0.15) is 0 Å². The summed E-state index contributed by atoms with van der Waals surface area (Å²) in [4.78, 5) is 0.305. The highest BCUT2D eigenvalue weighted by Gasteiger charge is 2.50. The molecule has 0 spiro atoms. The number of hydrogen-bond acceptors (Lipinski definition) is 4. The predicted molar refractivity (Wildman–Crippen MR) is 82.5 cm³/mol. The SMILES string of the molecule is CNCc1ccc(S(=O)(=O)NC2CC(OC)C2(C)C)cc1. The molecule has 2 N–H and O–H groups in total. The average Bonchev–Trinajstić information content (AvgIpc) is 2.44. The van der Waals surface area contributed by atoms with E-state index in [1.165, 1.54) is 0 Å². The summed E-state index contributed by atoms with van der Waals surface area (Å²) in [7, 11) is 0.0418. The van der Waals surface area contributed by atoms with Crippen molar-refractivity contribution < 1.29 is 13.2 Å². The summed E-state index contributed by atoms with van der Waals surface area (Å²) in [5.41, 5.74) is 0.869. The molecule has 2 atom stereocenters. The van der Waals surface area contributed by atoms with Gasteiger partial charge in [0, 0.05) is 25.1 Å². The largest absolute Gasteiger partial charge is 0.381 e. The molecule has 0 aromatic heterocycles. The summed E-state index contributed by atoms with van der Waals surface area (Å²) in [6, 6.07) is 6.86. The van der Waals surface area contributed by atoms with Crippen molar-refractivity contribution in [3.63, 3.8) is 0 Å². The number of sulfonamides is 1. The van der Waals surface area contributed by atoms with Crippen molar-refractivity contribution in [2.75, 3.05) is 14.2 Å². The maximum atomic E-state index is 12.4. The normalized spacial score (nSPS) is 24.6. The first-order chi connectivity index (χ1) is 9.81. The first-order valence-corrected chi connectivity index (χ1v) is 8.58. The second-order valence-corrected chi connectivity index (χ2v) is 7.84. The molecule has 0 aliphatic heterocycles. The summed E-state index contributed by atoms with van der Waals surface area (Å²) in [5, 5.41) is 3.04. The number of rotatable bonds is 6. The summed E-state index contributed by atoms with van der Waals surface area (Å²) in [6.07, 6.45) is 0.809. The summed E-state index contributed by atoms with van der Waals surface area (Å²) >= 11 is 0. The van der Waals surface area contributed by atoms with E-state index in [0.29, 0.717) is 11.3 Å². The molecular formula is C15H24N2O3S. The van der Waals surface area contributed by atoms with Crippen LogP contribution in [0.5, 0.6) is 0 Å². The van der Waals surface area contributed by atoms with Gasteiger partial charge in [-0.15, -0.1) is 0 Å². The smallest absolute Gasteiger partial charge is 0.240 e. The molecule has 0 heterocycles. The van der Waals surface area contributed by atoms with Gasteiger partial charge in [-0.1, -0.05) is 26.0 Å². The maximum Gasteiger partial charge on any atom is 0.240 e. The van der Waals surface area contributed by atoms with E-state index in [-0.39, 0.29) is 17.6 Å². The van der Waals surface area contributed by atoms with Crippen molar-refractivity contribution in [2.45, 2.75) is 43.9 Å². The minimum absolute atomic E-state index is 0.0931. The molecule has 0 amide bonds. The Kier molecular flexibility index (Phi) is 4.72. The van der Waals surface area contributed by atoms with E-state index in [9.17, 15) is 8.42 Å². The van der Waals surface area contributed by atoms with Gasteiger partial charge in [-0.25, -0.2) is 13.1 Å². The Bertz CT molecular complexity index is 581. The predicted octanol–water partition coefficient (Wildman–Crippen LogP) is 1.50. The fourth-order valence-corrected chi connectivity index (χ4v) is 4.14. The molecule has 2 unspecified atom stereocenters. The van der Waals surface area contributed by atoms with Gasteiger partial charge in [-0.2, -0.15) is 0 Å². The number of ether oxygens (including phenoxy) is 1. The fourth-order valence-electron chi connectivity index (χ4n) is 2.73. The number of benzene rings is 1. The van der Waals surface area contributed by atoms with E-state index in [2.05, 4.69) is 10.0 Å². The molecule has 0 saturated heterocycles. The number of hydrogen-bond donors (Lipinski definition) is 2. The van der Waals surface area contributed by atoms with E-state index < -0.39 is 10.0 Å². The van der Waals surface area contributed by atoms with Gasteiger partial charge in [0.15, 0.2) is 0 Å². The minimum atomic E-state index is -3.48. The topological polar surface area (TPSA) is 67.4 Å². The lowest BCUT2D eigenvalue weighted by molar-refractivity contribution is -0.0908. The average molecular weight is 312 g/mol. The molecule has 2 rings (SSSR count). The Labute approximate surface area is 127 Å². The molecule has 21 heavy (non-hydrogen) atoms. The van der Waals surface area contributed by atoms with Gasteiger partial charge >= 0.3 is 0 Å².